The predicted molar refractivity (Wildman–Crippen MR) is 63.6 cm³/mol. The molecule has 17 heavy (non-hydrogen) atoms. The SMILES string of the molecule is NNC(=O)c1ccc(Cn2cccnc2=O)s1. The minimum atomic E-state index is -0.334. The Balaban J connectivity index is 2.20. The van der Waals surface area contributed by atoms with Gasteiger partial charge in [-0.2, -0.15) is 0 Å². The molecule has 0 aliphatic carbocycles. The second-order valence-electron chi connectivity index (χ2n) is 3.27. The minimum absolute atomic E-state index is 0.314. The monoisotopic (exact) mass is 250 g/mol. The van der Waals surface area contributed by atoms with Crippen molar-refractivity contribution in [1.29, 1.82) is 0 Å². The van der Waals surface area contributed by atoms with E-state index in [0.717, 1.165) is 4.88 Å². The molecular formula is C10H10N4O2S. The van der Waals surface area contributed by atoms with Crippen LogP contribution in [0.2, 0.25) is 0 Å². The van der Waals surface area contributed by atoms with Gasteiger partial charge >= 0.3 is 5.69 Å². The third kappa shape index (κ3) is 2.58. The highest BCUT2D eigenvalue weighted by Gasteiger charge is 2.08. The van der Waals surface area contributed by atoms with Crippen LogP contribution in [0.3, 0.4) is 0 Å². The first-order chi connectivity index (χ1) is 8.20. The van der Waals surface area contributed by atoms with Gasteiger partial charge in [-0.05, 0) is 18.2 Å². The molecule has 0 bridgehead atoms. The van der Waals surface area contributed by atoms with Crippen molar-refractivity contribution in [3.05, 3.63) is 50.8 Å². The number of rotatable bonds is 3. The van der Waals surface area contributed by atoms with Gasteiger partial charge in [-0.15, -0.1) is 11.3 Å². The largest absolute Gasteiger partial charge is 0.347 e. The first-order valence-electron chi connectivity index (χ1n) is 4.82. The van der Waals surface area contributed by atoms with E-state index in [1.54, 1.807) is 24.4 Å². The molecule has 0 unspecified atom stereocenters. The molecule has 3 N–H and O–H groups in total. The molecule has 88 valence electrons. The molecule has 1 amide bonds. The van der Waals surface area contributed by atoms with Crippen LogP contribution in [0, 0.1) is 0 Å². The van der Waals surface area contributed by atoms with E-state index in [-0.39, 0.29) is 11.6 Å². The molecule has 0 spiro atoms. The average Bonchev–Trinajstić information content (AvgIpc) is 2.80. The zero-order chi connectivity index (χ0) is 12.3. The molecular weight excluding hydrogens is 240 g/mol. The van der Waals surface area contributed by atoms with E-state index in [9.17, 15) is 9.59 Å². The molecule has 0 atom stereocenters. The number of hydrogen-bond acceptors (Lipinski definition) is 5. The predicted octanol–water partition coefficient (Wildman–Crippen LogP) is -0.0434. The van der Waals surface area contributed by atoms with Crippen molar-refractivity contribution in [2.75, 3.05) is 0 Å². The van der Waals surface area contributed by atoms with Crippen LogP contribution in [0.15, 0.2) is 35.4 Å². The molecule has 0 aromatic carbocycles. The van der Waals surface area contributed by atoms with Gasteiger partial charge in [0, 0.05) is 17.3 Å². The third-order valence-electron chi connectivity index (χ3n) is 2.13. The molecule has 2 aromatic heterocycles. The lowest BCUT2D eigenvalue weighted by atomic mass is 10.4. The molecule has 0 saturated heterocycles. The molecule has 0 fully saturated rings. The lowest BCUT2D eigenvalue weighted by Crippen LogP contribution is -2.29. The summed E-state index contributed by atoms with van der Waals surface area (Å²) >= 11 is 1.29. The molecule has 2 rings (SSSR count). The van der Waals surface area contributed by atoms with E-state index in [4.69, 9.17) is 5.84 Å². The van der Waals surface area contributed by atoms with Crippen molar-refractivity contribution < 1.29 is 4.79 Å². The van der Waals surface area contributed by atoms with Crippen molar-refractivity contribution in [3.63, 3.8) is 0 Å². The van der Waals surface area contributed by atoms with Gasteiger partial charge < -0.3 is 0 Å². The van der Waals surface area contributed by atoms with Crippen LogP contribution in [0.5, 0.6) is 0 Å². The Bertz CT molecular complexity index is 590. The Morgan fingerprint density at radius 3 is 3.06 bits per heavy atom. The summed E-state index contributed by atoms with van der Waals surface area (Å²) in [7, 11) is 0. The summed E-state index contributed by atoms with van der Waals surface area (Å²) in [5.41, 5.74) is 1.75. The van der Waals surface area contributed by atoms with Crippen LogP contribution in [-0.2, 0) is 6.54 Å². The fourth-order valence-electron chi connectivity index (χ4n) is 1.33. The molecule has 2 heterocycles. The maximum absolute atomic E-state index is 11.4. The summed E-state index contributed by atoms with van der Waals surface area (Å²) in [5.74, 6) is 4.70. The van der Waals surface area contributed by atoms with Gasteiger partial charge in [0.1, 0.15) is 0 Å². The highest BCUT2D eigenvalue weighted by atomic mass is 32.1. The lowest BCUT2D eigenvalue weighted by molar-refractivity contribution is 0.0957. The average molecular weight is 250 g/mol. The highest BCUT2D eigenvalue weighted by molar-refractivity contribution is 7.14. The van der Waals surface area contributed by atoms with Gasteiger partial charge in [0.15, 0.2) is 0 Å². The number of carbonyl (C=O) groups excluding carboxylic acids is 1. The van der Waals surface area contributed by atoms with Crippen molar-refractivity contribution in [3.8, 4) is 0 Å². The van der Waals surface area contributed by atoms with Crippen LogP contribution in [0.25, 0.3) is 0 Å². The Hall–Kier alpha value is -1.99. The van der Waals surface area contributed by atoms with E-state index < -0.39 is 0 Å². The quantitative estimate of drug-likeness (QED) is 0.454. The maximum Gasteiger partial charge on any atom is 0.347 e. The van der Waals surface area contributed by atoms with Crippen LogP contribution < -0.4 is 17.0 Å². The summed E-state index contributed by atoms with van der Waals surface area (Å²) in [4.78, 5) is 27.7. The topological polar surface area (TPSA) is 90.0 Å². The molecule has 6 nitrogen and oxygen atoms in total. The smallest absolute Gasteiger partial charge is 0.294 e. The molecule has 0 radical (unpaired) electrons. The van der Waals surface area contributed by atoms with E-state index in [1.165, 1.54) is 22.1 Å². The Kier molecular flexibility index (Phi) is 3.31. The standard InChI is InChI=1S/C10H10N4O2S/c11-13-9(15)8-3-2-7(17-8)6-14-5-1-4-12-10(14)16/h1-5H,6,11H2,(H,13,15). The highest BCUT2D eigenvalue weighted by Crippen LogP contribution is 2.16. The van der Waals surface area contributed by atoms with Gasteiger partial charge in [0.25, 0.3) is 5.91 Å². The third-order valence-corrected chi connectivity index (χ3v) is 3.19. The first kappa shape index (κ1) is 11.5. The summed E-state index contributed by atoms with van der Waals surface area (Å²) in [6.07, 6.45) is 3.10. The summed E-state index contributed by atoms with van der Waals surface area (Å²) in [5, 5.41) is 0. The van der Waals surface area contributed by atoms with E-state index >= 15 is 0 Å². The summed E-state index contributed by atoms with van der Waals surface area (Å²) in [6.45, 7) is 0.398. The molecule has 7 heteroatoms. The van der Waals surface area contributed by atoms with Gasteiger partial charge in [0.2, 0.25) is 0 Å². The fraction of sp³-hybridized carbons (Fsp3) is 0.100. The fourth-order valence-corrected chi connectivity index (χ4v) is 2.24. The Morgan fingerprint density at radius 1 is 1.53 bits per heavy atom. The van der Waals surface area contributed by atoms with Crippen LogP contribution in [0.4, 0.5) is 0 Å². The number of hydrogen-bond donors (Lipinski definition) is 2. The van der Waals surface area contributed by atoms with Crippen molar-refractivity contribution in [1.82, 2.24) is 15.0 Å². The number of nitrogens with two attached hydrogens (primary N) is 1. The molecule has 0 aliphatic rings. The van der Waals surface area contributed by atoms with Gasteiger partial charge in [-0.25, -0.2) is 15.6 Å². The van der Waals surface area contributed by atoms with Crippen molar-refractivity contribution in [2.45, 2.75) is 6.54 Å². The Morgan fingerprint density at radius 2 is 2.35 bits per heavy atom. The summed E-state index contributed by atoms with van der Waals surface area (Å²) < 4.78 is 1.47. The number of thiophene rings is 1. The second kappa shape index (κ2) is 4.89. The normalized spacial score (nSPS) is 10.2. The number of aromatic nitrogens is 2. The number of hydrazine groups is 1. The van der Waals surface area contributed by atoms with Gasteiger partial charge in [0.05, 0.1) is 11.4 Å². The second-order valence-corrected chi connectivity index (χ2v) is 4.44. The van der Waals surface area contributed by atoms with Gasteiger partial charge in [-0.3, -0.25) is 14.8 Å². The number of nitrogens with zero attached hydrogens (tertiary/aromatic N) is 2. The lowest BCUT2D eigenvalue weighted by Gasteiger charge is -2.00. The first-order valence-corrected chi connectivity index (χ1v) is 5.63. The van der Waals surface area contributed by atoms with Crippen molar-refractivity contribution >= 4 is 17.2 Å². The van der Waals surface area contributed by atoms with Gasteiger partial charge in [-0.1, -0.05) is 0 Å². The Labute approximate surface area is 101 Å². The van der Waals surface area contributed by atoms with E-state index in [2.05, 4.69) is 10.4 Å². The number of nitrogens with one attached hydrogen (secondary N) is 1. The number of carbonyl (C=O) groups is 1. The van der Waals surface area contributed by atoms with Crippen LogP contribution >= 0.6 is 11.3 Å². The zero-order valence-electron chi connectivity index (χ0n) is 8.79. The van der Waals surface area contributed by atoms with Crippen molar-refractivity contribution in [2.24, 2.45) is 5.84 Å². The molecule has 2 aromatic rings. The van der Waals surface area contributed by atoms with E-state index in [0.29, 0.717) is 11.4 Å². The van der Waals surface area contributed by atoms with Crippen LogP contribution in [0.1, 0.15) is 14.5 Å². The van der Waals surface area contributed by atoms with Crippen LogP contribution in [-0.4, -0.2) is 15.5 Å². The molecule has 0 aliphatic heterocycles. The number of nitrogen functional groups attached to an aromatic ring is 1. The number of amides is 1. The minimum Gasteiger partial charge on any atom is -0.294 e. The zero-order valence-corrected chi connectivity index (χ0v) is 9.61. The van der Waals surface area contributed by atoms with E-state index in [1.807, 2.05) is 0 Å². The maximum atomic E-state index is 11.4. The molecule has 0 saturated carbocycles. The summed E-state index contributed by atoms with van der Waals surface area (Å²) in [6, 6.07) is 5.14.